The van der Waals surface area contributed by atoms with E-state index in [0.29, 0.717) is 6.04 Å². The van der Waals surface area contributed by atoms with Crippen LogP contribution in [0.15, 0.2) is 36.4 Å². The fourth-order valence-electron chi connectivity index (χ4n) is 5.12. The number of phenols is 4. The smallest absolute Gasteiger partial charge is 0.157 e. The van der Waals surface area contributed by atoms with Gasteiger partial charge in [0.05, 0.1) is 0 Å². The van der Waals surface area contributed by atoms with Gasteiger partial charge in [-0.2, -0.15) is 0 Å². The molecule has 0 saturated carbocycles. The second-order valence-corrected chi connectivity index (χ2v) is 10.0. The Morgan fingerprint density at radius 1 is 0.771 bits per heavy atom. The van der Waals surface area contributed by atoms with Gasteiger partial charge in [-0.05, 0) is 107 Å². The van der Waals surface area contributed by atoms with Crippen LogP contribution in [0.4, 0.5) is 0 Å². The molecule has 0 spiro atoms. The Morgan fingerprint density at radius 2 is 1.43 bits per heavy atom. The van der Waals surface area contributed by atoms with Crippen molar-refractivity contribution in [3.8, 4) is 23.0 Å². The second kappa shape index (κ2) is 14.2. The lowest BCUT2D eigenvalue weighted by atomic mass is 10.0. The molecule has 1 unspecified atom stereocenters. The first kappa shape index (κ1) is 27.2. The van der Waals surface area contributed by atoms with E-state index < -0.39 is 0 Å². The van der Waals surface area contributed by atoms with Gasteiger partial charge in [-0.15, -0.1) is 0 Å². The third-order valence-electron chi connectivity index (χ3n) is 7.26. The summed E-state index contributed by atoms with van der Waals surface area (Å²) in [5, 5.41) is 38.6. The molecule has 0 aliphatic carbocycles. The van der Waals surface area contributed by atoms with E-state index in [2.05, 4.69) is 16.7 Å². The van der Waals surface area contributed by atoms with E-state index in [1.807, 2.05) is 12.1 Å². The lowest BCUT2D eigenvalue weighted by molar-refractivity contribution is 0.242. The van der Waals surface area contributed by atoms with Gasteiger partial charge in [0.2, 0.25) is 0 Å². The molecule has 1 heterocycles. The molecule has 2 aromatic rings. The molecule has 6 nitrogen and oxygen atoms in total. The van der Waals surface area contributed by atoms with Gasteiger partial charge in [0.25, 0.3) is 0 Å². The molecular weight excluding hydrogens is 440 g/mol. The van der Waals surface area contributed by atoms with Crippen molar-refractivity contribution in [1.82, 2.24) is 9.80 Å². The van der Waals surface area contributed by atoms with Gasteiger partial charge in [-0.3, -0.25) is 0 Å². The zero-order chi connectivity index (χ0) is 25.0. The largest absolute Gasteiger partial charge is 0.504 e. The first-order valence-corrected chi connectivity index (χ1v) is 13.4. The van der Waals surface area contributed by atoms with Crippen molar-refractivity contribution in [2.75, 3.05) is 32.7 Å². The molecule has 0 radical (unpaired) electrons. The summed E-state index contributed by atoms with van der Waals surface area (Å²) in [6, 6.07) is 10.9. The van der Waals surface area contributed by atoms with Crippen LogP contribution in [0.25, 0.3) is 0 Å². The van der Waals surface area contributed by atoms with Crippen LogP contribution in [-0.2, 0) is 12.8 Å². The highest BCUT2D eigenvalue weighted by Gasteiger charge is 2.24. The monoisotopic (exact) mass is 484 g/mol. The van der Waals surface area contributed by atoms with Gasteiger partial charge in [-0.25, -0.2) is 0 Å². The lowest BCUT2D eigenvalue weighted by Crippen LogP contribution is -2.32. The average molecular weight is 485 g/mol. The van der Waals surface area contributed by atoms with Gasteiger partial charge >= 0.3 is 0 Å². The molecule has 1 saturated heterocycles. The number of hydrogen-bond acceptors (Lipinski definition) is 6. The molecule has 0 bridgehead atoms. The fraction of sp³-hybridized carbons (Fsp3) is 0.586. The highest BCUT2D eigenvalue weighted by Crippen LogP contribution is 2.28. The molecular formula is C29H44N2O4. The number of unbranched alkanes of at least 4 members (excludes halogenated alkanes) is 4. The number of phenolic OH excluding ortho intramolecular Hbond substituents is 4. The van der Waals surface area contributed by atoms with Crippen LogP contribution in [-0.4, -0.2) is 69.0 Å². The van der Waals surface area contributed by atoms with E-state index in [1.165, 1.54) is 51.4 Å². The average Bonchev–Trinajstić information content (AvgIpc) is 3.28. The van der Waals surface area contributed by atoms with E-state index >= 15 is 0 Å². The minimum atomic E-state index is -0.0588. The summed E-state index contributed by atoms with van der Waals surface area (Å²) in [4.78, 5) is 5.14. The van der Waals surface area contributed by atoms with Gasteiger partial charge in [-0.1, -0.05) is 38.3 Å². The van der Waals surface area contributed by atoms with Crippen molar-refractivity contribution in [2.24, 2.45) is 0 Å². The summed E-state index contributed by atoms with van der Waals surface area (Å²) < 4.78 is 0. The second-order valence-electron chi connectivity index (χ2n) is 10.0. The van der Waals surface area contributed by atoms with E-state index in [4.69, 9.17) is 0 Å². The molecule has 1 aliphatic rings. The molecule has 2 aromatic carbocycles. The first-order chi connectivity index (χ1) is 17.0. The topological polar surface area (TPSA) is 87.4 Å². The summed E-state index contributed by atoms with van der Waals surface area (Å²) in [6.07, 6.45) is 11.6. The number of likely N-dealkylation sites (tertiary alicyclic amines) is 1. The quantitative estimate of drug-likeness (QED) is 0.199. The predicted octanol–water partition coefficient (Wildman–Crippen LogP) is 5.42. The Hall–Kier alpha value is -2.44. The zero-order valence-electron chi connectivity index (χ0n) is 21.3. The molecule has 1 atom stereocenters. The van der Waals surface area contributed by atoms with Crippen LogP contribution in [0, 0.1) is 0 Å². The summed E-state index contributed by atoms with van der Waals surface area (Å²) in [5.74, 6) is -0.174. The molecule has 35 heavy (non-hydrogen) atoms. The molecule has 194 valence electrons. The van der Waals surface area contributed by atoms with Crippen LogP contribution in [0.1, 0.15) is 69.4 Å². The Kier molecular flexibility index (Phi) is 11.0. The maximum atomic E-state index is 9.78. The minimum Gasteiger partial charge on any atom is -0.504 e. The SMILES string of the molecule is CCCCN(CCCCCCN1CCCC1Cc1ccc(O)c(O)c1)CCc1ccc(O)c(O)c1. The van der Waals surface area contributed by atoms with Crippen molar-refractivity contribution in [3.05, 3.63) is 47.5 Å². The molecule has 1 aliphatic heterocycles. The molecule has 3 rings (SSSR count). The Labute approximate surface area is 210 Å². The number of hydrogen-bond donors (Lipinski definition) is 4. The third kappa shape index (κ3) is 8.93. The highest BCUT2D eigenvalue weighted by molar-refractivity contribution is 5.41. The number of aromatic hydroxyl groups is 4. The van der Waals surface area contributed by atoms with Crippen LogP contribution >= 0.6 is 0 Å². The van der Waals surface area contributed by atoms with Gasteiger partial charge in [0.15, 0.2) is 23.0 Å². The van der Waals surface area contributed by atoms with Gasteiger partial charge < -0.3 is 30.2 Å². The summed E-state index contributed by atoms with van der Waals surface area (Å²) in [6.45, 7) is 7.73. The van der Waals surface area contributed by atoms with Crippen LogP contribution < -0.4 is 0 Å². The molecule has 4 N–H and O–H groups in total. The minimum absolute atomic E-state index is 0.0266. The van der Waals surface area contributed by atoms with E-state index in [-0.39, 0.29) is 23.0 Å². The maximum Gasteiger partial charge on any atom is 0.157 e. The van der Waals surface area contributed by atoms with Crippen LogP contribution in [0.2, 0.25) is 0 Å². The van der Waals surface area contributed by atoms with Crippen molar-refractivity contribution < 1.29 is 20.4 Å². The predicted molar refractivity (Wildman–Crippen MR) is 141 cm³/mol. The normalized spacial score (nSPS) is 16.3. The van der Waals surface area contributed by atoms with Crippen LogP contribution in [0.3, 0.4) is 0 Å². The van der Waals surface area contributed by atoms with Crippen molar-refractivity contribution >= 4 is 0 Å². The number of benzene rings is 2. The Balaban J connectivity index is 1.34. The van der Waals surface area contributed by atoms with Crippen molar-refractivity contribution in [2.45, 2.75) is 77.2 Å². The first-order valence-electron chi connectivity index (χ1n) is 13.4. The highest BCUT2D eigenvalue weighted by atomic mass is 16.3. The summed E-state index contributed by atoms with van der Waals surface area (Å²) in [5.41, 5.74) is 2.15. The fourth-order valence-corrected chi connectivity index (χ4v) is 5.12. The third-order valence-corrected chi connectivity index (χ3v) is 7.26. The molecule has 0 aromatic heterocycles. The lowest BCUT2D eigenvalue weighted by Gasteiger charge is -2.25. The van der Waals surface area contributed by atoms with Gasteiger partial charge in [0.1, 0.15) is 0 Å². The molecule has 6 heteroatoms. The number of rotatable bonds is 15. The van der Waals surface area contributed by atoms with E-state index in [9.17, 15) is 20.4 Å². The summed E-state index contributed by atoms with van der Waals surface area (Å²) in [7, 11) is 0. The molecule has 1 fully saturated rings. The van der Waals surface area contributed by atoms with Gasteiger partial charge in [0, 0.05) is 12.6 Å². The summed E-state index contributed by atoms with van der Waals surface area (Å²) >= 11 is 0. The van der Waals surface area contributed by atoms with E-state index in [1.54, 1.807) is 24.3 Å². The number of nitrogens with zero attached hydrogens (tertiary/aromatic N) is 2. The Bertz CT molecular complexity index is 904. The van der Waals surface area contributed by atoms with Crippen molar-refractivity contribution in [3.63, 3.8) is 0 Å². The van der Waals surface area contributed by atoms with E-state index in [0.717, 1.165) is 56.7 Å². The standard InChI is InChI=1S/C29H44N2O4/c1-2-3-15-30(19-14-23-10-12-26(32)28(34)21-23)16-6-4-5-7-17-31-18-8-9-25(31)20-24-11-13-27(33)29(35)22-24/h10-13,21-22,25,32-35H,2-9,14-20H2,1H3. The maximum absolute atomic E-state index is 9.78. The molecule has 0 amide bonds. The zero-order valence-corrected chi connectivity index (χ0v) is 21.3. The van der Waals surface area contributed by atoms with Crippen molar-refractivity contribution in [1.29, 1.82) is 0 Å². The Morgan fingerprint density at radius 3 is 2.14 bits per heavy atom. The van der Waals surface area contributed by atoms with Crippen LogP contribution in [0.5, 0.6) is 23.0 Å².